The Hall–Kier alpha value is -2.90. The van der Waals surface area contributed by atoms with E-state index in [2.05, 4.69) is 10.2 Å². The van der Waals surface area contributed by atoms with Gasteiger partial charge in [0.2, 0.25) is 17.7 Å². The molecule has 0 saturated carbocycles. The van der Waals surface area contributed by atoms with Crippen LogP contribution < -0.4 is 15.0 Å². The average Bonchev–Trinajstić information content (AvgIpc) is 3.46. The summed E-state index contributed by atoms with van der Waals surface area (Å²) in [6.45, 7) is 0.663. The number of rotatable bonds is 2. The highest BCUT2D eigenvalue weighted by molar-refractivity contribution is 6.31. The number of carbonyl (C=O) groups excluding carboxylic acids is 3. The highest BCUT2D eigenvalue weighted by atomic mass is 35.5. The number of benzene rings is 2. The van der Waals surface area contributed by atoms with Crippen LogP contribution in [0, 0.1) is 11.8 Å². The van der Waals surface area contributed by atoms with Crippen LogP contribution in [-0.4, -0.2) is 42.3 Å². The zero-order valence-corrected chi connectivity index (χ0v) is 17.6. The molecule has 8 heteroatoms. The molecule has 158 valence electrons. The van der Waals surface area contributed by atoms with Crippen molar-refractivity contribution in [3.63, 3.8) is 0 Å². The Balaban J connectivity index is 1.55. The zero-order valence-electron chi connectivity index (χ0n) is 16.8. The van der Waals surface area contributed by atoms with Gasteiger partial charge in [0, 0.05) is 28.4 Å². The molecule has 0 radical (unpaired) electrons. The van der Waals surface area contributed by atoms with Crippen LogP contribution in [0.15, 0.2) is 42.5 Å². The summed E-state index contributed by atoms with van der Waals surface area (Å²) in [5.74, 6) is -1.66. The van der Waals surface area contributed by atoms with Crippen molar-refractivity contribution in [1.82, 2.24) is 4.90 Å². The Labute approximate surface area is 183 Å². The van der Waals surface area contributed by atoms with E-state index in [1.54, 1.807) is 42.5 Å². The molecule has 0 bridgehead atoms. The summed E-state index contributed by atoms with van der Waals surface area (Å²) in [6, 6.07) is 12.0. The van der Waals surface area contributed by atoms with Crippen LogP contribution in [0.4, 0.5) is 11.4 Å². The Morgan fingerprint density at radius 3 is 2.77 bits per heavy atom. The number of fused-ring (bicyclic) bond motifs is 7. The van der Waals surface area contributed by atoms with Crippen molar-refractivity contribution in [3.8, 4) is 5.75 Å². The fourth-order valence-corrected chi connectivity index (χ4v) is 6.35. The maximum absolute atomic E-state index is 13.9. The van der Waals surface area contributed by atoms with Gasteiger partial charge in [0.15, 0.2) is 0 Å². The number of hydrogen-bond acceptors (Lipinski definition) is 5. The largest absolute Gasteiger partial charge is 0.497 e. The van der Waals surface area contributed by atoms with Gasteiger partial charge in [-0.25, -0.2) is 4.90 Å². The first-order valence-corrected chi connectivity index (χ1v) is 10.8. The Morgan fingerprint density at radius 2 is 1.97 bits per heavy atom. The topological polar surface area (TPSA) is 79.0 Å². The minimum Gasteiger partial charge on any atom is -0.497 e. The Morgan fingerprint density at radius 1 is 1.13 bits per heavy atom. The molecule has 4 aliphatic rings. The van der Waals surface area contributed by atoms with E-state index < -0.39 is 17.4 Å². The van der Waals surface area contributed by atoms with Crippen LogP contribution in [0.5, 0.6) is 5.75 Å². The fourth-order valence-electron chi connectivity index (χ4n) is 6.18. The van der Waals surface area contributed by atoms with Crippen molar-refractivity contribution in [2.75, 3.05) is 23.9 Å². The van der Waals surface area contributed by atoms with E-state index in [1.807, 2.05) is 0 Å². The van der Waals surface area contributed by atoms with Crippen LogP contribution >= 0.6 is 11.6 Å². The molecule has 2 aromatic carbocycles. The lowest BCUT2D eigenvalue weighted by Gasteiger charge is -2.36. The van der Waals surface area contributed by atoms with Gasteiger partial charge in [-0.1, -0.05) is 17.7 Å². The number of methoxy groups -OCH3 is 1. The number of hydrogen-bond donors (Lipinski definition) is 1. The summed E-state index contributed by atoms with van der Waals surface area (Å²) in [7, 11) is 1.54. The normalized spacial score (nSPS) is 31.2. The summed E-state index contributed by atoms with van der Waals surface area (Å²) in [4.78, 5) is 44.4. The maximum atomic E-state index is 13.9. The first kappa shape index (κ1) is 18.8. The van der Waals surface area contributed by atoms with E-state index in [9.17, 15) is 14.4 Å². The summed E-state index contributed by atoms with van der Waals surface area (Å²) in [5, 5.41) is 3.45. The van der Waals surface area contributed by atoms with Crippen LogP contribution in [0.25, 0.3) is 0 Å². The van der Waals surface area contributed by atoms with Crippen molar-refractivity contribution in [3.05, 3.63) is 53.1 Å². The highest BCUT2D eigenvalue weighted by Crippen LogP contribution is 2.60. The van der Waals surface area contributed by atoms with E-state index in [0.717, 1.165) is 12.8 Å². The number of ether oxygens (including phenoxy) is 1. The van der Waals surface area contributed by atoms with Gasteiger partial charge >= 0.3 is 0 Å². The summed E-state index contributed by atoms with van der Waals surface area (Å²) < 4.78 is 5.28. The second kappa shape index (κ2) is 6.31. The van der Waals surface area contributed by atoms with E-state index in [1.165, 1.54) is 12.0 Å². The van der Waals surface area contributed by atoms with Gasteiger partial charge in [-0.15, -0.1) is 0 Å². The van der Waals surface area contributed by atoms with Gasteiger partial charge < -0.3 is 10.1 Å². The molecule has 4 atom stereocenters. The predicted octanol–water partition coefficient (Wildman–Crippen LogP) is 2.78. The molecule has 3 fully saturated rings. The predicted molar refractivity (Wildman–Crippen MR) is 114 cm³/mol. The van der Waals surface area contributed by atoms with Crippen molar-refractivity contribution < 1.29 is 19.1 Å². The minimum absolute atomic E-state index is 0.160. The fraction of sp³-hybridized carbons (Fsp3) is 0.348. The molecule has 1 spiro atoms. The summed E-state index contributed by atoms with van der Waals surface area (Å²) in [6.07, 6.45) is 1.65. The quantitative estimate of drug-likeness (QED) is 0.731. The molecule has 4 heterocycles. The van der Waals surface area contributed by atoms with E-state index >= 15 is 0 Å². The molecule has 3 amide bonds. The molecule has 1 N–H and O–H groups in total. The van der Waals surface area contributed by atoms with Gasteiger partial charge in [0.1, 0.15) is 11.3 Å². The number of nitrogens with one attached hydrogen (secondary N) is 1. The molecular formula is C23H20ClN3O4. The number of amides is 3. The van der Waals surface area contributed by atoms with Crippen LogP contribution in [0.2, 0.25) is 5.02 Å². The molecule has 2 aromatic rings. The van der Waals surface area contributed by atoms with E-state index in [-0.39, 0.29) is 23.8 Å². The van der Waals surface area contributed by atoms with Gasteiger partial charge in [-0.3, -0.25) is 19.3 Å². The van der Waals surface area contributed by atoms with Crippen LogP contribution in [0.3, 0.4) is 0 Å². The third-order valence-corrected chi connectivity index (χ3v) is 7.50. The second-order valence-electron chi connectivity index (χ2n) is 8.53. The average molecular weight is 438 g/mol. The van der Waals surface area contributed by atoms with Crippen molar-refractivity contribution >= 4 is 40.7 Å². The van der Waals surface area contributed by atoms with Crippen LogP contribution in [-0.2, 0) is 19.9 Å². The standard InChI is InChI=1S/C23H20ClN3O4/c1-31-14-5-2-4-13(11-14)27-20(28)18-17-6-3-9-26(17)23(19(18)21(27)29)15-10-12(24)7-8-16(15)25-22(23)30/h2,4-5,7-8,10-11,17-19H,3,6,9H2,1H3,(H,25,30). The number of imide groups is 1. The van der Waals surface area contributed by atoms with Crippen molar-refractivity contribution in [2.45, 2.75) is 24.4 Å². The van der Waals surface area contributed by atoms with E-state index in [0.29, 0.717) is 34.3 Å². The van der Waals surface area contributed by atoms with Gasteiger partial charge in [-0.05, 0) is 49.7 Å². The monoisotopic (exact) mass is 437 g/mol. The molecule has 0 aromatic heterocycles. The third kappa shape index (κ3) is 2.20. The van der Waals surface area contributed by atoms with Crippen LogP contribution in [0.1, 0.15) is 18.4 Å². The van der Waals surface area contributed by atoms with Gasteiger partial charge in [0.25, 0.3) is 0 Å². The number of carbonyl (C=O) groups is 3. The SMILES string of the molecule is COc1cccc(N2C(=O)C3C4CCCN4C4(C(=O)Nc5ccc(Cl)cc54)C3C2=O)c1. The lowest BCUT2D eigenvalue weighted by Crippen LogP contribution is -2.54. The smallest absolute Gasteiger partial charge is 0.250 e. The molecule has 4 unspecified atom stereocenters. The minimum atomic E-state index is -1.22. The molecule has 3 saturated heterocycles. The summed E-state index contributed by atoms with van der Waals surface area (Å²) >= 11 is 6.31. The first-order chi connectivity index (χ1) is 15.0. The lowest BCUT2D eigenvalue weighted by molar-refractivity contribution is -0.135. The molecule has 0 aliphatic carbocycles. The maximum Gasteiger partial charge on any atom is 0.250 e. The first-order valence-electron chi connectivity index (χ1n) is 10.4. The molecule has 6 rings (SSSR count). The van der Waals surface area contributed by atoms with Crippen molar-refractivity contribution in [1.29, 1.82) is 0 Å². The van der Waals surface area contributed by atoms with Gasteiger partial charge in [-0.2, -0.15) is 0 Å². The molecule has 31 heavy (non-hydrogen) atoms. The number of halogens is 1. The van der Waals surface area contributed by atoms with Crippen molar-refractivity contribution in [2.24, 2.45) is 11.8 Å². The Kier molecular flexibility index (Phi) is 3.83. The van der Waals surface area contributed by atoms with E-state index in [4.69, 9.17) is 16.3 Å². The third-order valence-electron chi connectivity index (χ3n) is 7.27. The zero-order chi connectivity index (χ0) is 21.5. The number of anilines is 2. The highest BCUT2D eigenvalue weighted by Gasteiger charge is 2.74. The molecule has 7 nitrogen and oxygen atoms in total. The molecule has 4 aliphatic heterocycles. The summed E-state index contributed by atoms with van der Waals surface area (Å²) in [5.41, 5.74) is 0.596. The molecular weight excluding hydrogens is 418 g/mol. The van der Waals surface area contributed by atoms with Gasteiger partial charge in [0.05, 0.1) is 24.6 Å². The second-order valence-corrected chi connectivity index (χ2v) is 8.97. The number of nitrogens with zero attached hydrogens (tertiary/aromatic N) is 2. The lowest BCUT2D eigenvalue weighted by atomic mass is 9.75. The Bertz CT molecular complexity index is 1170.